The van der Waals surface area contributed by atoms with Crippen LogP contribution in [0.5, 0.6) is 0 Å². The van der Waals surface area contributed by atoms with Gasteiger partial charge in [0.2, 0.25) is 11.8 Å². The van der Waals surface area contributed by atoms with Gasteiger partial charge in [-0.25, -0.2) is 0 Å². The lowest BCUT2D eigenvalue weighted by Crippen LogP contribution is -2.46. The van der Waals surface area contributed by atoms with E-state index < -0.39 is 0 Å². The molecule has 2 saturated heterocycles. The number of hydrogen-bond acceptors (Lipinski definition) is 3. The summed E-state index contributed by atoms with van der Waals surface area (Å²) in [6.07, 6.45) is 8.67. The first-order valence-corrected chi connectivity index (χ1v) is 10.4. The first-order valence-electron chi connectivity index (χ1n) is 10.4. The fourth-order valence-electron chi connectivity index (χ4n) is 4.08. The number of likely N-dealkylation sites (tertiary alicyclic amines) is 2. The standard InChI is InChI=1S/C20H37N3O2/c1-3-11-22(12-4-2)19(24)17-21-15-9-18(10-16-21)20(25)23-13-7-5-6-8-14-23/h18H,3-17H2,1-2H3. The highest BCUT2D eigenvalue weighted by molar-refractivity contribution is 5.79. The van der Waals surface area contributed by atoms with Crippen LogP contribution in [0.3, 0.4) is 0 Å². The summed E-state index contributed by atoms with van der Waals surface area (Å²) >= 11 is 0. The van der Waals surface area contributed by atoms with Gasteiger partial charge >= 0.3 is 0 Å². The molecule has 2 aliphatic heterocycles. The second-order valence-corrected chi connectivity index (χ2v) is 7.67. The van der Waals surface area contributed by atoms with Crippen molar-refractivity contribution in [3.63, 3.8) is 0 Å². The molecule has 2 heterocycles. The van der Waals surface area contributed by atoms with E-state index >= 15 is 0 Å². The zero-order valence-electron chi connectivity index (χ0n) is 16.3. The molecule has 0 N–H and O–H groups in total. The van der Waals surface area contributed by atoms with E-state index in [0.29, 0.717) is 12.5 Å². The minimum absolute atomic E-state index is 0.173. The largest absolute Gasteiger partial charge is 0.342 e. The van der Waals surface area contributed by atoms with Crippen molar-refractivity contribution < 1.29 is 9.59 Å². The van der Waals surface area contributed by atoms with Crippen LogP contribution in [0.4, 0.5) is 0 Å². The van der Waals surface area contributed by atoms with Crippen molar-refractivity contribution in [1.29, 1.82) is 0 Å². The minimum Gasteiger partial charge on any atom is -0.342 e. The minimum atomic E-state index is 0.173. The molecular weight excluding hydrogens is 314 g/mol. The van der Waals surface area contributed by atoms with Crippen molar-refractivity contribution in [2.75, 3.05) is 45.8 Å². The average Bonchev–Trinajstić information content (AvgIpc) is 2.91. The van der Waals surface area contributed by atoms with Gasteiger partial charge in [-0.05, 0) is 51.6 Å². The molecule has 5 heteroatoms. The number of amides is 2. The number of hydrogen-bond donors (Lipinski definition) is 0. The number of carbonyl (C=O) groups is 2. The first-order chi connectivity index (χ1) is 12.2. The zero-order valence-corrected chi connectivity index (χ0v) is 16.3. The number of carbonyl (C=O) groups excluding carboxylic acids is 2. The van der Waals surface area contributed by atoms with Gasteiger partial charge in [0.15, 0.2) is 0 Å². The van der Waals surface area contributed by atoms with Gasteiger partial charge in [-0.2, -0.15) is 0 Å². The molecular formula is C20H37N3O2. The quantitative estimate of drug-likeness (QED) is 0.708. The van der Waals surface area contributed by atoms with Crippen molar-refractivity contribution in [3.05, 3.63) is 0 Å². The maximum Gasteiger partial charge on any atom is 0.236 e. The maximum absolute atomic E-state index is 12.7. The van der Waals surface area contributed by atoms with Gasteiger partial charge in [0, 0.05) is 32.1 Å². The third-order valence-corrected chi connectivity index (χ3v) is 5.55. The Labute approximate surface area is 153 Å². The Morgan fingerprint density at radius 3 is 1.96 bits per heavy atom. The van der Waals surface area contributed by atoms with Crippen molar-refractivity contribution >= 4 is 11.8 Å². The second kappa shape index (κ2) is 10.8. The van der Waals surface area contributed by atoms with Gasteiger partial charge in [0.05, 0.1) is 6.54 Å². The number of piperidine rings is 1. The third-order valence-electron chi connectivity index (χ3n) is 5.55. The van der Waals surface area contributed by atoms with Crippen molar-refractivity contribution in [2.45, 2.75) is 65.2 Å². The fourth-order valence-corrected chi connectivity index (χ4v) is 4.08. The number of nitrogens with zero attached hydrogens (tertiary/aromatic N) is 3. The SMILES string of the molecule is CCCN(CCC)C(=O)CN1CCC(C(=O)N2CCCCCC2)CC1. The Balaban J connectivity index is 1.76. The van der Waals surface area contributed by atoms with E-state index in [1.165, 1.54) is 12.8 Å². The van der Waals surface area contributed by atoms with E-state index in [1.807, 2.05) is 4.90 Å². The molecule has 0 aromatic heterocycles. The van der Waals surface area contributed by atoms with Gasteiger partial charge in [0.1, 0.15) is 0 Å². The molecule has 0 atom stereocenters. The van der Waals surface area contributed by atoms with Crippen molar-refractivity contribution in [1.82, 2.24) is 14.7 Å². The number of rotatable bonds is 7. The first kappa shape index (κ1) is 20.2. The molecule has 0 saturated carbocycles. The monoisotopic (exact) mass is 351 g/mol. The topological polar surface area (TPSA) is 43.9 Å². The summed E-state index contributed by atoms with van der Waals surface area (Å²) in [6, 6.07) is 0. The Morgan fingerprint density at radius 2 is 1.44 bits per heavy atom. The molecule has 5 nitrogen and oxygen atoms in total. The molecule has 2 fully saturated rings. The predicted octanol–water partition coefficient (Wildman–Crippen LogP) is 2.75. The summed E-state index contributed by atoms with van der Waals surface area (Å²) in [5.41, 5.74) is 0. The third kappa shape index (κ3) is 6.28. The molecule has 0 spiro atoms. The molecule has 0 bridgehead atoms. The normalized spacial score (nSPS) is 20.3. The van der Waals surface area contributed by atoms with Gasteiger partial charge in [-0.3, -0.25) is 14.5 Å². The Kier molecular flexibility index (Phi) is 8.73. The highest BCUT2D eigenvalue weighted by Crippen LogP contribution is 2.21. The lowest BCUT2D eigenvalue weighted by Gasteiger charge is -2.34. The lowest BCUT2D eigenvalue weighted by molar-refractivity contribution is -0.137. The second-order valence-electron chi connectivity index (χ2n) is 7.67. The van der Waals surface area contributed by atoms with E-state index in [1.54, 1.807) is 0 Å². The van der Waals surface area contributed by atoms with Gasteiger partial charge in [-0.1, -0.05) is 26.7 Å². The van der Waals surface area contributed by atoms with Crippen LogP contribution in [0.15, 0.2) is 0 Å². The lowest BCUT2D eigenvalue weighted by atomic mass is 9.95. The van der Waals surface area contributed by atoms with Crippen LogP contribution in [-0.2, 0) is 9.59 Å². The molecule has 2 aliphatic rings. The van der Waals surface area contributed by atoms with E-state index in [-0.39, 0.29) is 11.8 Å². The Bertz CT molecular complexity index is 405. The molecule has 2 amide bonds. The highest BCUT2D eigenvalue weighted by atomic mass is 16.2. The van der Waals surface area contributed by atoms with Crippen LogP contribution >= 0.6 is 0 Å². The smallest absolute Gasteiger partial charge is 0.236 e. The van der Waals surface area contributed by atoms with Crippen LogP contribution in [0.25, 0.3) is 0 Å². The molecule has 0 aromatic rings. The maximum atomic E-state index is 12.7. The molecule has 0 radical (unpaired) electrons. The molecule has 25 heavy (non-hydrogen) atoms. The molecule has 0 unspecified atom stereocenters. The summed E-state index contributed by atoms with van der Waals surface area (Å²) in [5.74, 6) is 0.791. The Hall–Kier alpha value is -1.10. The summed E-state index contributed by atoms with van der Waals surface area (Å²) in [4.78, 5) is 31.6. The van der Waals surface area contributed by atoms with Gasteiger partial charge < -0.3 is 9.80 Å². The van der Waals surface area contributed by atoms with Crippen LogP contribution in [0.2, 0.25) is 0 Å². The molecule has 0 aromatic carbocycles. The summed E-state index contributed by atoms with van der Waals surface area (Å²) < 4.78 is 0. The van der Waals surface area contributed by atoms with Crippen molar-refractivity contribution in [3.8, 4) is 0 Å². The van der Waals surface area contributed by atoms with Crippen molar-refractivity contribution in [2.24, 2.45) is 5.92 Å². The van der Waals surface area contributed by atoms with Gasteiger partial charge in [-0.15, -0.1) is 0 Å². The van der Waals surface area contributed by atoms with Gasteiger partial charge in [0.25, 0.3) is 0 Å². The average molecular weight is 352 g/mol. The van der Waals surface area contributed by atoms with Crippen LogP contribution in [-0.4, -0.2) is 72.3 Å². The summed E-state index contributed by atoms with van der Waals surface area (Å²) in [7, 11) is 0. The highest BCUT2D eigenvalue weighted by Gasteiger charge is 2.29. The Morgan fingerprint density at radius 1 is 0.880 bits per heavy atom. The van der Waals surface area contributed by atoms with Crippen LogP contribution in [0, 0.1) is 5.92 Å². The summed E-state index contributed by atoms with van der Waals surface area (Å²) in [6.45, 7) is 10.1. The van der Waals surface area contributed by atoms with E-state index in [2.05, 4.69) is 23.6 Å². The molecule has 144 valence electrons. The predicted molar refractivity (Wildman–Crippen MR) is 101 cm³/mol. The van der Waals surface area contributed by atoms with E-state index in [0.717, 1.165) is 77.8 Å². The van der Waals surface area contributed by atoms with E-state index in [4.69, 9.17) is 0 Å². The van der Waals surface area contributed by atoms with Crippen LogP contribution < -0.4 is 0 Å². The fraction of sp³-hybridized carbons (Fsp3) is 0.900. The molecule has 2 rings (SSSR count). The van der Waals surface area contributed by atoms with E-state index in [9.17, 15) is 9.59 Å². The molecule has 0 aliphatic carbocycles. The van der Waals surface area contributed by atoms with Crippen LogP contribution in [0.1, 0.15) is 65.2 Å². The summed E-state index contributed by atoms with van der Waals surface area (Å²) in [5, 5.41) is 0. The zero-order chi connectivity index (χ0) is 18.1.